The molecule has 0 spiro atoms. The van der Waals surface area contributed by atoms with Gasteiger partial charge < -0.3 is 19.1 Å². The highest BCUT2D eigenvalue weighted by molar-refractivity contribution is 5.86. The van der Waals surface area contributed by atoms with Gasteiger partial charge in [0.25, 0.3) is 0 Å². The standard InChI is InChI=1S/C21H24N6O2/c1-12-9-22-18(14(3)20(12)28-5)11-27-7-6-17-19(27)21(25-15(4)24-17)23-10-16-8-13(2)29-26-16/h6-9H,10-11H2,1-5H3,(H,23,24,25). The van der Waals surface area contributed by atoms with Crippen molar-refractivity contribution in [3.63, 3.8) is 0 Å². The molecular formula is C21H24N6O2. The molecule has 0 aliphatic heterocycles. The van der Waals surface area contributed by atoms with Crippen LogP contribution in [0.25, 0.3) is 11.0 Å². The summed E-state index contributed by atoms with van der Waals surface area (Å²) < 4.78 is 12.8. The number of rotatable bonds is 6. The number of anilines is 1. The fourth-order valence-electron chi connectivity index (χ4n) is 3.55. The molecule has 150 valence electrons. The van der Waals surface area contributed by atoms with E-state index in [0.29, 0.717) is 18.9 Å². The summed E-state index contributed by atoms with van der Waals surface area (Å²) in [7, 11) is 1.69. The normalized spacial score (nSPS) is 11.2. The zero-order chi connectivity index (χ0) is 20.5. The Morgan fingerprint density at radius 1 is 1.17 bits per heavy atom. The Balaban J connectivity index is 1.70. The van der Waals surface area contributed by atoms with E-state index in [1.165, 1.54) is 0 Å². The maximum Gasteiger partial charge on any atom is 0.154 e. The molecule has 8 nitrogen and oxygen atoms in total. The lowest BCUT2D eigenvalue weighted by molar-refractivity contribution is 0.391. The number of nitrogens with zero attached hydrogens (tertiary/aromatic N) is 5. The summed E-state index contributed by atoms with van der Waals surface area (Å²) in [5.41, 5.74) is 5.64. The predicted molar refractivity (Wildman–Crippen MR) is 110 cm³/mol. The van der Waals surface area contributed by atoms with Gasteiger partial charge in [0.05, 0.1) is 31.4 Å². The molecule has 8 heteroatoms. The highest BCUT2D eigenvalue weighted by Crippen LogP contribution is 2.27. The third-order valence-corrected chi connectivity index (χ3v) is 4.91. The average Bonchev–Trinajstić information content (AvgIpc) is 3.28. The van der Waals surface area contributed by atoms with E-state index in [4.69, 9.17) is 9.26 Å². The lowest BCUT2D eigenvalue weighted by Gasteiger charge is -2.14. The summed E-state index contributed by atoms with van der Waals surface area (Å²) >= 11 is 0. The monoisotopic (exact) mass is 392 g/mol. The number of ether oxygens (including phenoxy) is 1. The second-order valence-electron chi connectivity index (χ2n) is 7.13. The van der Waals surface area contributed by atoms with Gasteiger partial charge in [-0.25, -0.2) is 9.97 Å². The number of aromatic nitrogens is 5. The third-order valence-electron chi connectivity index (χ3n) is 4.91. The van der Waals surface area contributed by atoms with E-state index in [-0.39, 0.29) is 0 Å². The lowest BCUT2D eigenvalue weighted by atomic mass is 10.1. The molecule has 0 amide bonds. The molecular weight excluding hydrogens is 368 g/mol. The van der Waals surface area contributed by atoms with Gasteiger partial charge in [-0.1, -0.05) is 5.16 Å². The molecule has 4 heterocycles. The van der Waals surface area contributed by atoms with Crippen molar-refractivity contribution >= 4 is 16.9 Å². The Morgan fingerprint density at radius 2 is 2.00 bits per heavy atom. The minimum Gasteiger partial charge on any atom is -0.496 e. The van der Waals surface area contributed by atoms with Crippen LogP contribution in [-0.4, -0.2) is 31.8 Å². The first-order valence-corrected chi connectivity index (χ1v) is 9.45. The highest BCUT2D eigenvalue weighted by atomic mass is 16.5. The van der Waals surface area contributed by atoms with Crippen LogP contribution in [-0.2, 0) is 13.1 Å². The highest BCUT2D eigenvalue weighted by Gasteiger charge is 2.15. The first-order valence-electron chi connectivity index (χ1n) is 9.45. The molecule has 0 bridgehead atoms. The molecule has 0 fully saturated rings. The van der Waals surface area contributed by atoms with Gasteiger partial charge in [-0.05, 0) is 33.8 Å². The van der Waals surface area contributed by atoms with Crippen molar-refractivity contribution < 1.29 is 9.26 Å². The summed E-state index contributed by atoms with van der Waals surface area (Å²) in [5, 5.41) is 7.42. The van der Waals surface area contributed by atoms with E-state index in [9.17, 15) is 0 Å². The molecule has 4 aromatic rings. The van der Waals surface area contributed by atoms with Crippen molar-refractivity contribution in [2.45, 2.75) is 40.8 Å². The summed E-state index contributed by atoms with van der Waals surface area (Å²) in [5.74, 6) is 3.12. The molecule has 0 aromatic carbocycles. The summed E-state index contributed by atoms with van der Waals surface area (Å²) in [4.78, 5) is 13.8. The minimum absolute atomic E-state index is 0.518. The SMILES string of the molecule is COc1c(C)cnc(Cn2ccc3nc(C)nc(NCc4cc(C)on4)c32)c1C. The molecule has 0 atom stereocenters. The summed E-state index contributed by atoms with van der Waals surface area (Å²) in [6, 6.07) is 3.90. The zero-order valence-electron chi connectivity index (χ0n) is 17.3. The number of methoxy groups -OCH3 is 1. The van der Waals surface area contributed by atoms with Gasteiger partial charge in [0.1, 0.15) is 28.5 Å². The Kier molecular flexibility index (Phi) is 4.92. The molecule has 0 saturated carbocycles. The molecule has 4 rings (SSSR count). The van der Waals surface area contributed by atoms with Crippen molar-refractivity contribution in [1.29, 1.82) is 0 Å². The molecule has 0 aliphatic carbocycles. The van der Waals surface area contributed by atoms with Gasteiger partial charge in [-0.15, -0.1) is 0 Å². The Labute approximate surface area is 168 Å². The smallest absolute Gasteiger partial charge is 0.154 e. The van der Waals surface area contributed by atoms with Crippen LogP contribution in [0.3, 0.4) is 0 Å². The van der Waals surface area contributed by atoms with Gasteiger partial charge in [-0.2, -0.15) is 0 Å². The number of nitrogens with one attached hydrogen (secondary N) is 1. The average molecular weight is 392 g/mol. The fourth-order valence-corrected chi connectivity index (χ4v) is 3.55. The van der Waals surface area contributed by atoms with Crippen LogP contribution in [0.15, 0.2) is 29.0 Å². The lowest BCUT2D eigenvalue weighted by Crippen LogP contribution is -2.09. The van der Waals surface area contributed by atoms with Crippen molar-refractivity contribution in [3.05, 3.63) is 58.6 Å². The topological polar surface area (TPSA) is 90.9 Å². The van der Waals surface area contributed by atoms with E-state index >= 15 is 0 Å². The Bertz CT molecular complexity index is 1180. The maximum atomic E-state index is 5.55. The second-order valence-corrected chi connectivity index (χ2v) is 7.13. The maximum absolute atomic E-state index is 5.55. The van der Waals surface area contributed by atoms with Gasteiger partial charge >= 0.3 is 0 Å². The predicted octanol–water partition coefficient (Wildman–Crippen LogP) is 3.72. The first kappa shape index (κ1) is 18.9. The Morgan fingerprint density at radius 3 is 2.72 bits per heavy atom. The number of hydrogen-bond donors (Lipinski definition) is 1. The molecule has 0 radical (unpaired) electrons. The van der Waals surface area contributed by atoms with Crippen molar-refractivity contribution in [3.8, 4) is 5.75 Å². The number of pyridine rings is 1. The number of fused-ring (bicyclic) bond motifs is 1. The van der Waals surface area contributed by atoms with E-state index in [1.807, 2.05) is 52.2 Å². The molecule has 29 heavy (non-hydrogen) atoms. The van der Waals surface area contributed by atoms with Crippen molar-refractivity contribution in [1.82, 2.24) is 24.7 Å². The van der Waals surface area contributed by atoms with Crippen LogP contribution in [0.2, 0.25) is 0 Å². The van der Waals surface area contributed by atoms with Crippen LogP contribution < -0.4 is 10.1 Å². The largest absolute Gasteiger partial charge is 0.496 e. The van der Waals surface area contributed by atoms with Gasteiger partial charge in [-0.3, -0.25) is 4.98 Å². The van der Waals surface area contributed by atoms with Crippen LogP contribution in [0.5, 0.6) is 5.75 Å². The second kappa shape index (κ2) is 7.54. The number of aryl methyl sites for hydroxylation is 3. The molecule has 4 aromatic heterocycles. The molecule has 0 aliphatic rings. The number of hydrogen-bond acceptors (Lipinski definition) is 7. The van der Waals surface area contributed by atoms with Gasteiger partial charge in [0.2, 0.25) is 0 Å². The quantitative estimate of drug-likeness (QED) is 0.535. The Hall–Kier alpha value is -3.42. The zero-order valence-corrected chi connectivity index (χ0v) is 17.3. The van der Waals surface area contributed by atoms with Gasteiger partial charge in [0.15, 0.2) is 5.82 Å². The summed E-state index contributed by atoms with van der Waals surface area (Å²) in [6.07, 6.45) is 3.86. The fraction of sp³-hybridized carbons (Fsp3) is 0.333. The van der Waals surface area contributed by atoms with Crippen molar-refractivity contribution in [2.24, 2.45) is 0 Å². The molecule has 0 unspecified atom stereocenters. The molecule has 1 N–H and O–H groups in total. The molecule has 0 saturated heterocycles. The van der Waals surface area contributed by atoms with Crippen LogP contribution >= 0.6 is 0 Å². The van der Waals surface area contributed by atoms with Crippen LogP contribution in [0.4, 0.5) is 5.82 Å². The van der Waals surface area contributed by atoms with Crippen molar-refractivity contribution in [2.75, 3.05) is 12.4 Å². The van der Waals surface area contributed by atoms with Crippen LogP contribution in [0.1, 0.15) is 34.1 Å². The first-order chi connectivity index (χ1) is 14.0. The van der Waals surface area contributed by atoms with E-state index in [0.717, 1.165) is 50.9 Å². The van der Waals surface area contributed by atoms with Crippen LogP contribution in [0, 0.1) is 27.7 Å². The van der Waals surface area contributed by atoms with E-state index < -0.39 is 0 Å². The summed E-state index contributed by atoms with van der Waals surface area (Å²) in [6.45, 7) is 8.91. The van der Waals surface area contributed by atoms with E-state index in [1.54, 1.807) is 7.11 Å². The third kappa shape index (κ3) is 3.65. The minimum atomic E-state index is 0.518. The van der Waals surface area contributed by atoms with E-state index in [2.05, 4.69) is 30.0 Å². The van der Waals surface area contributed by atoms with Gasteiger partial charge in [0, 0.05) is 29.6 Å².